The van der Waals surface area contributed by atoms with Crippen LogP contribution in [0.15, 0.2) is 30.3 Å². The van der Waals surface area contributed by atoms with Crippen molar-refractivity contribution in [2.45, 2.75) is 26.3 Å². The number of rotatable bonds is 5. The molecule has 1 heterocycles. The van der Waals surface area contributed by atoms with Crippen LogP contribution in [0.5, 0.6) is 0 Å². The first-order chi connectivity index (χ1) is 12.4. The van der Waals surface area contributed by atoms with E-state index < -0.39 is 6.04 Å². The van der Waals surface area contributed by atoms with E-state index in [4.69, 9.17) is 5.73 Å². The summed E-state index contributed by atoms with van der Waals surface area (Å²) in [6.45, 7) is 5.79. The lowest BCUT2D eigenvalue weighted by Crippen LogP contribution is -2.48. The number of carbonyl (C=O) groups is 3. The van der Waals surface area contributed by atoms with Gasteiger partial charge in [0.2, 0.25) is 11.8 Å². The van der Waals surface area contributed by atoms with E-state index in [9.17, 15) is 14.4 Å². The van der Waals surface area contributed by atoms with Crippen LogP contribution in [0.25, 0.3) is 0 Å². The molecule has 0 aromatic heterocycles. The predicted octanol–water partition coefficient (Wildman–Crippen LogP) is 0.882. The second-order valence-electron chi connectivity index (χ2n) is 6.88. The fourth-order valence-corrected chi connectivity index (χ4v) is 2.83. The molecule has 1 aliphatic rings. The molecule has 7 nitrogen and oxygen atoms in total. The van der Waals surface area contributed by atoms with Crippen LogP contribution < -0.4 is 11.1 Å². The van der Waals surface area contributed by atoms with Gasteiger partial charge in [-0.05, 0) is 24.5 Å². The Morgan fingerprint density at radius 3 is 2.26 bits per heavy atom. The molecule has 1 aliphatic heterocycles. The molecule has 8 heteroatoms. The Kier molecular flexibility index (Phi) is 9.25. The van der Waals surface area contributed by atoms with Crippen molar-refractivity contribution < 1.29 is 14.4 Å². The molecule has 3 N–H and O–H groups in total. The first kappa shape index (κ1) is 22.9. The van der Waals surface area contributed by atoms with E-state index in [-0.39, 0.29) is 42.6 Å². The number of carbonyl (C=O) groups excluding carboxylic acids is 3. The largest absolute Gasteiger partial charge is 0.346 e. The summed E-state index contributed by atoms with van der Waals surface area (Å²) in [6.07, 6.45) is 0.712. The molecule has 1 aromatic carbocycles. The van der Waals surface area contributed by atoms with Gasteiger partial charge in [-0.2, -0.15) is 0 Å². The fraction of sp³-hybridized carbons (Fsp3) is 0.526. The van der Waals surface area contributed by atoms with Gasteiger partial charge in [0.1, 0.15) is 0 Å². The van der Waals surface area contributed by atoms with Crippen molar-refractivity contribution in [1.29, 1.82) is 0 Å². The van der Waals surface area contributed by atoms with Gasteiger partial charge in [-0.1, -0.05) is 32.0 Å². The molecule has 1 aromatic rings. The third kappa shape index (κ3) is 6.52. The summed E-state index contributed by atoms with van der Waals surface area (Å²) in [5, 5.41) is 2.61. The van der Waals surface area contributed by atoms with Crippen LogP contribution in [0.3, 0.4) is 0 Å². The smallest absolute Gasteiger partial charge is 0.253 e. The first-order valence-corrected chi connectivity index (χ1v) is 9.05. The molecule has 1 atom stereocenters. The molecule has 0 radical (unpaired) electrons. The maximum atomic E-state index is 12.5. The van der Waals surface area contributed by atoms with E-state index in [1.54, 1.807) is 21.9 Å². The van der Waals surface area contributed by atoms with E-state index >= 15 is 0 Å². The lowest BCUT2D eigenvalue weighted by atomic mass is 10.1. The maximum Gasteiger partial charge on any atom is 0.253 e. The molecule has 0 aliphatic carbocycles. The zero-order valence-electron chi connectivity index (χ0n) is 15.9. The Hall–Kier alpha value is -2.12. The van der Waals surface area contributed by atoms with Crippen LogP contribution in [0.4, 0.5) is 0 Å². The minimum absolute atomic E-state index is 0. The number of hydrogen-bond donors (Lipinski definition) is 2. The first-order valence-electron chi connectivity index (χ1n) is 9.05. The summed E-state index contributed by atoms with van der Waals surface area (Å²) < 4.78 is 0. The van der Waals surface area contributed by atoms with Crippen LogP contribution in [-0.2, 0) is 9.59 Å². The Morgan fingerprint density at radius 1 is 1.04 bits per heavy atom. The van der Waals surface area contributed by atoms with Crippen LogP contribution in [0.1, 0.15) is 30.6 Å². The normalized spacial score (nSPS) is 15.6. The van der Waals surface area contributed by atoms with Gasteiger partial charge in [0.25, 0.3) is 5.91 Å². The second kappa shape index (κ2) is 10.9. The molecule has 27 heavy (non-hydrogen) atoms. The van der Waals surface area contributed by atoms with Crippen molar-refractivity contribution in [1.82, 2.24) is 15.1 Å². The standard InChI is InChI=1S/C19H28N4O3.ClH/c1-14(2)17(20)18(25)21-13-16(24)22-9-6-10-23(12-11-22)19(26)15-7-4-3-5-8-15;/h3-5,7-8,14,17H,6,9-13,20H2,1-2H3,(H,21,25);1H/t17-;/m0./s1. The van der Waals surface area contributed by atoms with Crippen molar-refractivity contribution >= 4 is 30.1 Å². The highest BCUT2D eigenvalue weighted by Gasteiger charge is 2.24. The van der Waals surface area contributed by atoms with Crippen molar-refractivity contribution in [2.24, 2.45) is 11.7 Å². The summed E-state index contributed by atoms with van der Waals surface area (Å²) in [5.74, 6) is -0.468. The molecule has 1 saturated heterocycles. The van der Waals surface area contributed by atoms with E-state index in [1.807, 2.05) is 32.0 Å². The molecule has 3 amide bonds. The quantitative estimate of drug-likeness (QED) is 0.772. The van der Waals surface area contributed by atoms with E-state index in [0.29, 0.717) is 38.2 Å². The summed E-state index contributed by atoms with van der Waals surface area (Å²) in [6, 6.07) is 8.52. The lowest BCUT2D eigenvalue weighted by molar-refractivity contribution is -0.133. The lowest BCUT2D eigenvalue weighted by Gasteiger charge is -2.23. The Morgan fingerprint density at radius 2 is 1.63 bits per heavy atom. The van der Waals surface area contributed by atoms with Crippen molar-refractivity contribution in [2.75, 3.05) is 32.7 Å². The number of hydrogen-bond acceptors (Lipinski definition) is 4. The van der Waals surface area contributed by atoms with Crippen molar-refractivity contribution in [3.63, 3.8) is 0 Å². The number of benzene rings is 1. The van der Waals surface area contributed by atoms with E-state index in [1.165, 1.54) is 0 Å². The number of nitrogens with zero attached hydrogens (tertiary/aromatic N) is 2. The third-order valence-electron chi connectivity index (χ3n) is 4.59. The van der Waals surface area contributed by atoms with Gasteiger partial charge in [-0.3, -0.25) is 14.4 Å². The minimum atomic E-state index is -0.620. The monoisotopic (exact) mass is 396 g/mol. The number of nitrogens with two attached hydrogens (primary N) is 1. The molecular weight excluding hydrogens is 368 g/mol. The van der Waals surface area contributed by atoms with Crippen LogP contribution in [-0.4, -0.2) is 66.3 Å². The number of halogens is 1. The van der Waals surface area contributed by atoms with Crippen LogP contribution in [0, 0.1) is 5.92 Å². The van der Waals surface area contributed by atoms with Gasteiger partial charge >= 0.3 is 0 Å². The highest BCUT2D eigenvalue weighted by Crippen LogP contribution is 2.09. The summed E-state index contributed by atoms with van der Waals surface area (Å²) in [5.41, 5.74) is 6.43. The van der Waals surface area contributed by atoms with Crippen molar-refractivity contribution in [3.8, 4) is 0 Å². The fourth-order valence-electron chi connectivity index (χ4n) is 2.83. The van der Waals surface area contributed by atoms with Gasteiger partial charge in [0.15, 0.2) is 0 Å². The zero-order chi connectivity index (χ0) is 19.1. The Balaban J connectivity index is 0.00000364. The topological polar surface area (TPSA) is 95.7 Å². The summed E-state index contributed by atoms with van der Waals surface area (Å²) in [4.78, 5) is 40.2. The highest BCUT2D eigenvalue weighted by atomic mass is 35.5. The predicted molar refractivity (Wildman–Crippen MR) is 107 cm³/mol. The molecule has 0 unspecified atom stereocenters. The Bertz CT molecular complexity index is 639. The van der Waals surface area contributed by atoms with Crippen LogP contribution in [0.2, 0.25) is 0 Å². The van der Waals surface area contributed by atoms with Gasteiger partial charge in [-0.25, -0.2) is 0 Å². The minimum Gasteiger partial charge on any atom is -0.346 e. The van der Waals surface area contributed by atoms with E-state index in [2.05, 4.69) is 5.32 Å². The molecule has 0 bridgehead atoms. The van der Waals surface area contributed by atoms with Gasteiger partial charge in [-0.15, -0.1) is 12.4 Å². The number of nitrogens with one attached hydrogen (secondary N) is 1. The molecule has 2 rings (SSSR count). The van der Waals surface area contributed by atoms with Gasteiger partial charge in [0.05, 0.1) is 12.6 Å². The summed E-state index contributed by atoms with van der Waals surface area (Å²) in [7, 11) is 0. The number of amides is 3. The van der Waals surface area contributed by atoms with Crippen molar-refractivity contribution in [3.05, 3.63) is 35.9 Å². The average molecular weight is 397 g/mol. The maximum absolute atomic E-state index is 12.5. The molecule has 150 valence electrons. The Labute approximate surface area is 166 Å². The summed E-state index contributed by atoms with van der Waals surface area (Å²) >= 11 is 0. The van der Waals surface area contributed by atoms with Gasteiger partial charge in [0, 0.05) is 31.7 Å². The molecule has 1 fully saturated rings. The molecule has 0 saturated carbocycles. The van der Waals surface area contributed by atoms with E-state index in [0.717, 1.165) is 0 Å². The third-order valence-corrected chi connectivity index (χ3v) is 4.59. The second-order valence-corrected chi connectivity index (χ2v) is 6.88. The van der Waals surface area contributed by atoms with Gasteiger partial charge < -0.3 is 20.9 Å². The SMILES string of the molecule is CC(C)[C@H](N)C(=O)NCC(=O)N1CCCN(C(=O)c2ccccc2)CC1.Cl. The van der Waals surface area contributed by atoms with Crippen LogP contribution >= 0.6 is 12.4 Å². The molecular formula is C19H29ClN4O3. The zero-order valence-corrected chi connectivity index (χ0v) is 16.7. The average Bonchev–Trinajstić information content (AvgIpc) is 2.91. The molecule has 0 spiro atoms. The highest BCUT2D eigenvalue weighted by molar-refractivity contribution is 5.94.